The fourth-order valence-electron chi connectivity index (χ4n) is 9.38. The maximum absolute atomic E-state index is 6.05. The second kappa shape index (κ2) is 33.0. The predicted molar refractivity (Wildman–Crippen MR) is 411 cm³/mol. The Morgan fingerprint density at radius 2 is 0.760 bits per heavy atom. The van der Waals surface area contributed by atoms with Gasteiger partial charge in [-0.3, -0.25) is 0 Å². The van der Waals surface area contributed by atoms with Gasteiger partial charge in [0.25, 0.3) is 0 Å². The van der Waals surface area contributed by atoms with E-state index in [4.69, 9.17) is 171 Å². The first-order valence-corrected chi connectivity index (χ1v) is 35.2. The highest BCUT2D eigenvalue weighted by Gasteiger charge is 2.17. The van der Waals surface area contributed by atoms with Gasteiger partial charge in [0, 0.05) is 53.5 Å². The molecule has 0 fully saturated rings. The molecule has 11 aromatic heterocycles. The van der Waals surface area contributed by atoms with Crippen LogP contribution in [0.3, 0.4) is 0 Å². The molecular formula is C67H31Cl14N15O2S2. The molecule has 0 atom stereocenters. The Labute approximate surface area is 641 Å². The molecule has 11 heterocycles. The van der Waals surface area contributed by atoms with Gasteiger partial charge in [0.15, 0.2) is 21.7 Å². The van der Waals surface area contributed by atoms with E-state index >= 15 is 0 Å². The second-order valence-corrected chi connectivity index (χ2v) is 26.8. The van der Waals surface area contributed by atoms with Crippen molar-refractivity contribution in [3.05, 3.63) is 261 Å². The number of benzene rings is 7. The van der Waals surface area contributed by atoms with Crippen LogP contribution in [0.15, 0.2) is 197 Å². The van der Waals surface area contributed by atoms with Crippen molar-refractivity contribution in [1.82, 2.24) is 74.8 Å². The molecule has 496 valence electrons. The number of halogens is 14. The molecule has 0 N–H and O–H groups in total. The Balaban J connectivity index is 0.000000111. The number of hydrogen-bond donors (Lipinski definition) is 0. The second-order valence-electron chi connectivity index (χ2n) is 19.8. The van der Waals surface area contributed by atoms with Crippen molar-refractivity contribution in [2.24, 2.45) is 0 Å². The summed E-state index contributed by atoms with van der Waals surface area (Å²) in [5.41, 5.74) is 7.16. The van der Waals surface area contributed by atoms with E-state index in [1.807, 2.05) is 182 Å². The largest absolute Gasteiger partial charge is 0.451 e. The fourth-order valence-corrected chi connectivity index (χ4v) is 14.7. The zero-order chi connectivity index (χ0) is 70.1. The van der Waals surface area contributed by atoms with Crippen LogP contribution in [0.2, 0.25) is 73.2 Å². The van der Waals surface area contributed by atoms with Crippen LogP contribution in [0.4, 0.5) is 0 Å². The Bertz CT molecular complexity index is 5630. The number of fused-ring (bicyclic) bond motifs is 13. The number of nitrogens with zero attached hydrogens (tertiary/aromatic N) is 15. The topological polar surface area (TPSA) is 220 Å². The predicted octanol–water partition coefficient (Wildman–Crippen LogP) is 24.9. The summed E-state index contributed by atoms with van der Waals surface area (Å²) in [5, 5.41) is 9.64. The van der Waals surface area contributed by atoms with Crippen molar-refractivity contribution >= 4 is 281 Å². The van der Waals surface area contributed by atoms with Crippen LogP contribution < -0.4 is 0 Å². The minimum atomic E-state index is 0.0894. The number of aromatic nitrogens is 15. The maximum atomic E-state index is 6.05. The molecule has 18 aromatic rings. The van der Waals surface area contributed by atoms with Crippen molar-refractivity contribution in [1.29, 1.82) is 0 Å². The van der Waals surface area contributed by atoms with Crippen molar-refractivity contribution in [3.63, 3.8) is 0 Å². The van der Waals surface area contributed by atoms with Gasteiger partial charge in [-0.15, -0.1) is 22.7 Å². The van der Waals surface area contributed by atoms with Gasteiger partial charge in [0.05, 0.1) is 32.2 Å². The summed E-state index contributed by atoms with van der Waals surface area (Å²) >= 11 is 84.3. The standard InChI is InChI=1S/2C10H4Cl2N2O.2C10H4Cl2N2S.C10H6Cl2N2.C9H5Cl2N3.C8H4Cl2N2/c11-9-8-7(13-10(12)14-9)5-3-1-2-4-6(5)15-8;11-8-7-5-3-1-2-4-6(5)15-9(7)14-10(12)13-8;11-9-8-7(13-10(12)14-9)5-3-1-2-4-6(5)15-8;11-8-7-5-3-1-2-4-6(5)15-9(7)14-10(12)13-8;11-9-6-8(13-10(12)14-9)7-4-2-1-3-5-7;10-8-12-7(13-9(11)14-8)6-4-2-1-3-5-6;9-7-5-3-1-2-4-6(5)11-8(10)12-7/h4*1-4H;1-6H;1-5H;1-4H. The average molecular weight is 1640 g/mol. The quantitative estimate of drug-likeness (QED) is 0.116. The first-order valence-electron chi connectivity index (χ1n) is 28.3. The van der Waals surface area contributed by atoms with Crippen LogP contribution in [0.5, 0.6) is 0 Å². The number of para-hydroxylation sites is 3. The smallest absolute Gasteiger partial charge is 0.233 e. The Kier molecular flexibility index (Phi) is 23.8. The highest BCUT2D eigenvalue weighted by molar-refractivity contribution is 7.26. The molecular weight excluding hydrogens is 1610 g/mol. The van der Waals surface area contributed by atoms with E-state index < -0.39 is 0 Å². The zero-order valence-corrected chi connectivity index (χ0v) is 61.7. The van der Waals surface area contributed by atoms with E-state index in [0.29, 0.717) is 53.8 Å². The number of rotatable bonds is 2. The van der Waals surface area contributed by atoms with Gasteiger partial charge in [0.2, 0.25) is 48.0 Å². The Hall–Kier alpha value is -7.61. The van der Waals surface area contributed by atoms with Gasteiger partial charge in [-0.05, 0) is 135 Å². The Morgan fingerprint density at radius 3 is 1.43 bits per heavy atom. The average Bonchev–Trinajstić information content (AvgIpc) is 1.65. The lowest BCUT2D eigenvalue weighted by atomic mass is 10.1. The van der Waals surface area contributed by atoms with Gasteiger partial charge in [-0.1, -0.05) is 209 Å². The monoisotopic (exact) mass is 1630 g/mol. The van der Waals surface area contributed by atoms with E-state index in [1.54, 1.807) is 28.7 Å². The van der Waals surface area contributed by atoms with Crippen LogP contribution in [-0.2, 0) is 0 Å². The molecule has 0 amide bonds. The van der Waals surface area contributed by atoms with Crippen LogP contribution in [0.1, 0.15) is 0 Å². The van der Waals surface area contributed by atoms with Gasteiger partial charge < -0.3 is 8.83 Å². The highest BCUT2D eigenvalue weighted by Crippen LogP contribution is 2.39. The summed E-state index contributed by atoms with van der Waals surface area (Å²) in [5.74, 6) is 0.482. The molecule has 0 aliphatic carbocycles. The Morgan fingerprint density at radius 1 is 0.290 bits per heavy atom. The highest BCUT2D eigenvalue weighted by atomic mass is 35.5. The lowest BCUT2D eigenvalue weighted by Gasteiger charge is -2.00. The summed E-state index contributed by atoms with van der Waals surface area (Å²) in [6.45, 7) is 0. The minimum absolute atomic E-state index is 0.0894. The molecule has 0 radical (unpaired) electrons. The van der Waals surface area contributed by atoms with Crippen LogP contribution >= 0.6 is 185 Å². The summed E-state index contributed by atoms with van der Waals surface area (Å²) in [7, 11) is 0. The van der Waals surface area contributed by atoms with E-state index in [1.165, 1.54) is 0 Å². The van der Waals surface area contributed by atoms with E-state index in [2.05, 4.69) is 74.8 Å². The molecule has 18 rings (SSSR count). The SMILES string of the molecule is Clc1cc(-c2ccccc2)nc(Cl)n1.Clc1nc(Cl)c2c(n1)oc1ccccc12.Clc1nc(Cl)c2c(n1)sc1ccccc12.Clc1nc(Cl)c2ccccc2n1.Clc1nc(Cl)c2oc3ccccc3c2n1.Clc1nc(Cl)c2sc3ccccc3c2n1.Clc1nc(Cl)nc(-c2ccccc2)n1. The first kappa shape index (κ1) is 72.2. The summed E-state index contributed by atoms with van der Waals surface area (Å²) in [6, 6.07) is 59.3. The molecule has 0 saturated carbocycles. The van der Waals surface area contributed by atoms with Crippen LogP contribution in [-0.4, -0.2) is 74.8 Å². The van der Waals surface area contributed by atoms with Crippen LogP contribution in [0.25, 0.3) is 118 Å². The third-order valence-corrected chi connectivity index (χ3v) is 18.8. The van der Waals surface area contributed by atoms with E-state index in [9.17, 15) is 0 Å². The summed E-state index contributed by atoms with van der Waals surface area (Å²) in [6.07, 6.45) is 0. The first-order chi connectivity index (χ1) is 48.3. The lowest BCUT2D eigenvalue weighted by Crippen LogP contribution is -1.93. The normalized spacial score (nSPS) is 10.9. The molecule has 0 unspecified atom stereocenters. The zero-order valence-electron chi connectivity index (χ0n) is 49.5. The molecule has 0 saturated heterocycles. The van der Waals surface area contributed by atoms with Crippen molar-refractivity contribution in [3.8, 4) is 22.6 Å². The molecule has 0 aliphatic heterocycles. The fraction of sp³-hybridized carbons (Fsp3) is 0. The molecule has 7 aromatic carbocycles. The van der Waals surface area contributed by atoms with Crippen molar-refractivity contribution < 1.29 is 8.83 Å². The third-order valence-electron chi connectivity index (χ3n) is 13.5. The van der Waals surface area contributed by atoms with Crippen molar-refractivity contribution in [2.45, 2.75) is 0 Å². The van der Waals surface area contributed by atoms with Gasteiger partial charge in [0.1, 0.15) is 42.1 Å². The van der Waals surface area contributed by atoms with E-state index in [0.717, 1.165) is 90.3 Å². The minimum Gasteiger partial charge on any atom is -0.451 e. The molecule has 0 aliphatic rings. The molecule has 100 heavy (non-hydrogen) atoms. The summed E-state index contributed by atoms with van der Waals surface area (Å²) < 4.78 is 14.2. The molecule has 33 heteroatoms. The molecule has 17 nitrogen and oxygen atoms in total. The maximum Gasteiger partial charge on any atom is 0.233 e. The van der Waals surface area contributed by atoms with E-state index in [-0.39, 0.29) is 47.4 Å². The summed E-state index contributed by atoms with van der Waals surface area (Å²) in [4.78, 5) is 60.1. The lowest BCUT2D eigenvalue weighted by molar-refractivity contribution is 0.653. The number of hydrogen-bond acceptors (Lipinski definition) is 19. The third kappa shape index (κ3) is 17.5. The van der Waals surface area contributed by atoms with Crippen molar-refractivity contribution in [2.75, 3.05) is 0 Å². The molecule has 0 spiro atoms. The molecule has 0 bridgehead atoms. The van der Waals surface area contributed by atoms with Gasteiger partial charge in [-0.2, -0.15) is 19.9 Å². The van der Waals surface area contributed by atoms with Crippen LogP contribution in [0, 0.1) is 0 Å². The number of thiophene rings is 2. The number of furan rings is 2. The van der Waals surface area contributed by atoms with Gasteiger partial charge in [-0.25, -0.2) is 54.8 Å². The van der Waals surface area contributed by atoms with Gasteiger partial charge >= 0.3 is 0 Å².